The Morgan fingerprint density at radius 1 is 1.50 bits per heavy atom. The van der Waals surface area contributed by atoms with Gasteiger partial charge in [0, 0.05) is 24.0 Å². The third-order valence-corrected chi connectivity index (χ3v) is 6.66. The average molecular weight is 320 g/mol. The number of nitrogens with one attached hydrogen (secondary N) is 1. The fourth-order valence-corrected chi connectivity index (χ4v) is 4.25. The Labute approximate surface area is 125 Å². The predicted molar refractivity (Wildman–Crippen MR) is 82.6 cm³/mol. The van der Waals surface area contributed by atoms with Gasteiger partial charge in [-0.3, -0.25) is 0 Å². The van der Waals surface area contributed by atoms with Crippen LogP contribution in [0.5, 0.6) is 0 Å². The number of aliphatic hydroxyl groups is 1. The molecule has 20 heavy (non-hydrogen) atoms. The van der Waals surface area contributed by atoms with Gasteiger partial charge in [0.15, 0.2) is 0 Å². The van der Waals surface area contributed by atoms with E-state index in [1.54, 1.807) is 13.0 Å². The first-order chi connectivity index (χ1) is 9.31. The Morgan fingerprint density at radius 2 is 2.15 bits per heavy atom. The van der Waals surface area contributed by atoms with Gasteiger partial charge < -0.3 is 10.0 Å². The van der Waals surface area contributed by atoms with Crippen LogP contribution >= 0.6 is 11.3 Å². The van der Waals surface area contributed by atoms with Gasteiger partial charge in [0.05, 0.1) is 6.61 Å². The van der Waals surface area contributed by atoms with Crippen LogP contribution in [0.4, 0.5) is 0 Å². The van der Waals surface area contributed by atoms with E-state index in [9.17, 15) is 8.42 Å². The van der Waals surface area contributed by atoms with E-state index < -0.39 is 10.0 Å². The number of likely N-dealkylation sites (N-methyl/N-ethyl adjacent to an activating group) is 1. The summed E-state index contributed by atoms with van der Waals surface area (Å²) in [5.41, 5.74) is 0.814. The highest BCUT2D eigenvalue weighted by molar-refractivity contribution is 7.91. The normalized spacial score (nSPS) is 13.9. The SMILES string of the molecule is CCC(C)N(C)CCNS(=O)(=O)c1cc(C)c(CO)s1. The predicted octanol–water partition coefficient (Wildman–Crippen LogP) is 1.56. The van der Waals surface area contributed by atoms with Gasteiger partial charge in [-0.1, -0.05) is 6.92 Å². The summed E-state index contributed by atoms with van der Waals surface area (Å²) in [6.07, 6.45) is 1.03. The number of aryl methyl sites for hydroxylation is 1. The summed E-state index contributed by atoms with van der Waals surface area (Å²) in [7, 11) is -1.48. The standard InChI is InChI=1S/C13H24N2O3S2/c1-5-11(3)15(4)7-6-14-20(17,18)13-8-10(2)12(9-16)19-13/h8,11,14,16H,5-7,9H2,1-4H3. The molecule has 0 spiro atoms. The molecule has 0 aliphatic rings. The molecular formula is C13H24N2O3S2. The van der Waals surface area contributed by atoms with Crippen molar-refractivity contribution in [3.05, 3.63) is 16.5 Å². The van der Waals surface area contributed by atoms with Gasteiger partial charge in [0.1, 0.15) is 4.21 Å². The highest BCUT2D eigenvalue weighted by Crippen LogP contribution is 2.25. The highest BCUT2D eigenvalue weighted by Gasteiger charge is 2.18. The molecular weight excluding hydrogens is 296 g/mol. The first kappa shape index (κ1) is 17.6. The van der Waals surface area contributed by atoms with Crippen molar-refractivity contribution in [2.45, 2.75) is 44.0 Å². The Balaban J connectivity index is 2.62. The second-order valence-electron chi connectivity index (χ2n) is 4.97. The number of aliphatic hydroxyl groups excluding tert-OH is 1. The lowest BCUT2D eigenvalue weighted by molar-refractivity contribution is 0.256. The van der Waals surface area contributed by atoms with E-state index in [0.717, 1.165) is 23.3 Å². The molecule has 0 aliphatic heterocycles. The molecule has 0 aliphatic carbocycles. The van der Waals surface area contributed by atoms with Gasteiger partial charge >= 0.3 is 0 Å². The summed E-state index contributed by atoms with van der Waals surface area (Å²) >= 11 is 1.12. The molecule has 5 nitrogen and oxygen atoms in total. The molecule has 1 aromatic rings. The van der Waals surface area contributed by atoms with Crippen LogP contribution in [0.3, 0.4) is 0 Å². The van der Waals surface area contributed by atoms with Crippen LogP contribution in [-0.2, 0) is 16.6 Å². The van der Waals surface area contributed by atoms with E-state index in [0.29, 0.717) is 24.0 Å². The quantitative estimate of drug-likeness (QED) is 0.762. The van der Waals surface area contributed by atoms with Crippen molar-refractivity contribution in [3.8, 4) is 0 Å². The van der Waals surface area contributed by atoms with Crippen LogP contribution in [0, 0.1) is 6.92 Å². The third kappa shape index (κ3) is 4.53. The minimum Gasteiger partial charge on any atom is -0.391 e. The van der Waals surface area contributed by atoms with E-state index in [1.807, 2.05) is 7.05 Å². The Morgan fingerprint density at radius 3 is 2.65 bits per heavy atom. The van der Waals surface area contributed by atoms with Gasteiger partial charge in [-0.25, -0.2) is 13.1 Å². The summed E-state index contributed by atoms with van der Waals surface area (Å²) in [5.74, 6) is 0. The van der Waals surface area contributed by atoms with E-state index in [-0.39, 0.29) is 10.8 Å². The van der Waals surface area contributed by atoms with Crippen molar-refractivity contribution < 1.29 is 13.5 Å². The molecule has 0 radical (unpaired) electrons. The fourth-order valence-electron chi connectivity index (χ4n) is 1.74. The zero-order valence-electron chi connectivity index (χ0n) is 12.5. The number of sulfonamides is 1. The van der Waals surface area contributed by atoms with Gasteiger partial charge in [0.2, 0.25) is 10.0 Å². The van der Waals surface area contributed by atoms with Crippen molar-refractivity contribution in [1.29, 1.82) is 0 Å². The maximum Gasteiger partial charge on any atom is 0.250 e. The number of rotatable bonds is 8. The Hall–Kier alpha value is -0.470. The first-order valence-electron chi connectivity index (χ1n) is 6.71. The largest absolute Gasteiger partial charge is 0.391 e. The number of nitrogens with zero attached hydrogens (tertiary/aromatic N) is 1. The molecule has 1 aromatic heterocycles. The molecule has 1 atom stereocenters. The smallest absolute Gasteiger partial charge is 0.250 e. The molecule has 1 unspecified atom stereocenters. The van der Waals surface area contributed by atoms with Crippen LogP contribution < -0.4 is 4.72 Å². The lowest BCUT2D eigenvalue weighted by Gasteiger charge is -2.23. The number of thiophene rings is 1. The minimum atomic E-state index is -3.47. The molecule has 2 N–H and O–H groups in total. The van der Waals surface area contributed by atoms with E-state index in [2.05, 4.69) is 23.5 Å². The first-order valence-corrected chi connectivity index (χ1v) is 9.01. The summed E-state index contributed by atoms with van der Waals surface area (Å²) in [5, 5.41) is 9.12. The molecule has 0 amide bonds. The monoisotopic (exact) mass is 320 g/mol. The molecule has 0 saturated carbocycles. The van der Waals surface area contributed by atoms with Crippen LogP contribution in [-0.4, -0.2) is 44.6 Å². The van der Waals surface area contributed by atoms with Crippen LogP contribution in [0.25, 0.3) is 0 Å². The lowest BCUT2D eigenvalue weighted by Crippen LogP contribution is -2.36. The van der Waals surface area contributed by atoms with Crippen LogP contribution in [0.2, 0.25) is 0 Å². The van der Waals surface area contributed by atoms with Crippen LogP contribution in [0.15, 0.2) is 10.3 Å². The molecule has 1 rings (SSSR count). The summed E-state index contributed by atoms with van der Waals surface area (Å²) < 4.78 is 27.1. The van der Waals surface area contributed by atoms with Crippen molar-refractivity contribution >= 4 is 21.4 Å². The minimum absolute atomic E-state index is 0.122. The molecule has 0 fully saturated rings. The second kappa shape index (κ2) is 7.51. The number of hydrogen-bond acceptors (Lipinski definition) is 5. The average Bonchev–Trinajstić information content (AvgIpc) is 2.79. The zero-order chi connectivity index (χ0) is 15.3. The topological polar surface area (TPSA) is 69.6 Å². The molecule has 1 heterocycles. The summed E-state index contributed by atoms with van der Waals surface area (Å²) in [6, 6.07) is 2.04. The Kier molecular flexibility index (Phi) is 6.60. The van der Waals surface area contributed by atoms with Crippen molar-refractivity contribution in [2.24, 2.45) is 0 Å². The van der Waals surface area contributed by atoms with Gasteiger partial charge in [-0.05, 0) is 38.9 Å². The number of hydrogen-bond donors (Lipinski definition) is 2. The van der Waals surface area contributed by atoms with Crippen molar-refractivity contribution in [2.75, 3.05) is 20.1 Å². The Bertz CT molecular complexity index is 526. The molecule has 0 bridgehead atoms. The molecule has 7 heteroatoms. The summed E-state index contributed by atoms with van der Waals surface area (Å²) in [6.45, 7) is 6.96. The third-order valence-electron chi connectivity index (χ3n) is 3.51. The lowest BCUT2D eigenvalue weighted by atomic mass is 10.2. The van der Waals surface area contributed by atoms with E-state index in [1.165, 1.54) is 0 Å². The van der Waals surface area contributed by atoms with Gasteiger partial charge in [-0.15, -0.1) is 11.3 Å². The van der Waals surface area contributed by atoms with Crippen molar-refractivity contribution in [3.63, 3.8) is 0 Å². The maximum atomic E-state index is 12.1. The zero-order valence-corrected chi connectivity index (χ0v) is 14.1. The van der Waals surface area contributed by atoms with E-state index in [4.69, 9.17) is 5.11 Å². The molecule has 116 valence electrons. The van der Waals surface area contributed by atoms with Gasteiger partial charge in [0.25, 0.3) is 0 Å². The van der Waals surface area contributed by atoms with Crippen LogP contribution in [0.1, 0.15) is 30.7 Å². The fraction of sp³-hybridized carbons (Fsp3) is 0.692. The van der Waals surface area contributed by atoms with E-state index >= 15 is 0 Å². The molecule has 0 saturated heterocycles. The van der Waals surface area contributed by atoms with Crippen molar-refractivity contribution in [1.82, 2.24) is 9.62 Å². The highest BCUT2D eigenvalue weighted by atomic mass is 32.2. The maximum absolute atomic E-state index is 12.1. The second-order valence-corrected chi connectivity index (χ2v) is 8.10. The van der Waals surface area contributed by atoms with Gasteiger partial charge in [-0.2, -0.15) is 0 Å². The summed E-state index contributed by atoms with van der Waals surface area (Å²) in [4.78, 5) is 2.82. The molecule has 0 aromatic carbocycles.